The SMILES string of the molecule is CC(C)(C)NC(=O)COc1ccc(Br)cc1CNCc1ccc(C(=O)O)cc1. The van der Waals surface area contributed by atoms with E-state index in [9.17, 15) is 9.59 Å². The second kappa shape index (κ2) is 9.71. The van der Waals surface area contributed by atoms with Gasteiger partial charge in [0.05, 0.1) is 5.56 Å². The molecule has 0 saturated carbocycles. The van der Waals surface area contributed by atoms with Gasteiger partial charge in [-0.05, 0) is 56.7 Å². The summed E-state index contributed by atoms with van der Waals surface area (Å²) in [6.07, 6.45) is 0. The number of amides is 1. The van der Waals surface area contributed by atoms with Crippen molar-refractivity contribution in [2.75, 3.05) is 6.61 Å². The van der Waals surface area contributed by atoms with Gasteiger partial charge in [0.1, 0.15) is 5.75 Å². The fourth-order valence-electron chi connectivity index (χ4n) is 2.53. The molecule has 0 aromatic heterocycles. The summed E-state index contributed by atoms with van der Waals surface area (Å²) in [6.45, 7) is 6.82. The minimum Gasteiger partial charge on any atom is -0.483 e. The molecular weight excluding hydrogens is 424 g/mol. The van der Waals surface area contributed by atoms with E-state index in [4.69, 9.17) is 9.84 Å². The van der Waals surface area contributed by atoms with E-state index in [1.165, 1.54) is 0 Å². The highest BCUT2D eigenvalue weighted by atomic mass is 79.9. The van der Waals surface area contributed by atoms with Crippen LogP contribution >= 0.6 is 15.9 Å². The fourth-order valence-corrected chi connectivity index (χ4v) is 2.94. The average Bonchev–Trinajstić information content (AvgIpc) is 2.60. The summed E-state index contributed by atoms with van der Waals surface area (Å²) < 4.78 is 6.62. The van der Waals surface area contributed by atoms with Crippen molar-refractivity contribution in [3.63, 3.8) is 0 Å². The molecular formula is C21H25BrN2O4. The Hall–Kier alpha value is -2.38. The average molecular weight is 449 g/mol. The summed E-state index contributed by atoms with van der Waals surface area (Å²) >= 11 is 3.46. The number of halogens is 1. The molecule has 0 bridgehead atoms. The van der Waals surface area contributed by atoms with Crippen molar-refractivity contribution < 1.29 is 19.4 Å². The third-order valence-electron chi connectivity index (χ3n) is 3.74. The van der Waals surface area contributed by atoms with Crippen molar-refractivity contribution >= 4 is 27.8 Å². The number of ether oxygens (including phenoxy) is 1. The summed E-state index contributed by atoms with van der Waals surface area (Å²) in [7, 11) is 0. The number of nitrogens with one attached hydrogen (secondary N) is 2. The van der Waals surface area contributed by atoms with Crippen LogP contribution in [0.4, 0.5) is 0 Å². The van der Waals surface area contributed by atoms with E-state index in [0.29, 0.717) is 18.8 Å². The molecule has 2 rings (SSSR count). The monoisotopic (exact) mass is 448 g/mol. The first-order chi connectivity index (χ1) is 13.1. The van der Waals surface area contributed by atoms with Crippen LogP contribution in [0.5, 0.6) is 5.75 Å². The van der Waals surface area contributed by atoms with Crippen LogP contribution < -0.4 is 15.4 Å². The number of carbonyl (C=O) groups excluding carboxylic acids is 1. The van der Waals surface area contributed by atoms with Crippen molar-refractivity contribution in [2.45, 2.75) is 39.4 Å². The topological polar surface area (TPSA) is 87.7 Å². The zero-order valence-electron chi connectivity index (χ0n) is 16.2. The smallest absolute Gasteiger partial charge is 0.335 e. The zero-order chi connectivity index (χ0) is 20.7. The van der Waals surface area contributed by atoms with E-state index in [1.807, 2.05) is 39.0 Å². The van der Waals surface area contributed by atoms with Crippen LogP contribution in [-0.4, -0.2) is 29.1 Å². The normalized spacial score (nSPS) is 11.1. The number of hydrogen-bond donors (Lipinski definition) is 3. The molecule has 7 heteroatoms. The highest BCUT2D eigenvalue weighted by molar-refractivity contribution is 9.10. The molecule has 0 aliphatic heterocycles. The Morgan fingerprint density at radius 3 is 2.36 bits per heavy atom. The summed E-state index contributed by atoms with van der Waals surface area (Å²) in [6, 6.07) is 12.4. The Kier molecular flexibility index (Phi) is 7.60. The number of carboxylic acid groups (broad SMARTS) is 1. The molecule has 2 aromatic carbocycles. The molecule has 1 amide bonds. The lowest BCUT2D eigenvalue weighted by Gasteiger charge is -2.21. The molecule has 3 N–H and O–H groups in total. The highest BCUT2D eigenvalue weighted by Crippen LogP contribution is 2.23. The second-order valence-corrected chi connectivity index (χ2v) is 8.36. The molecule has 0 fully saturated rings. The van der Waals surface area contributed by atoms with Crippen molar-refractivity contribution in [1.29, 1.82) is 0 Å². The standard InChI is InChI=1S/C21H25BrN2O4/c1-21(2,3)24-19(25)13-28-18-9-8-17(22)10-16(18)12-23-11-14-4-6-15(7-5-14)20(26)27/h4-10,23H,11-13H2,1-3H3,(H,24,25)(H,26,27). The van der Waals surface area contributed by atoms with Gasteiger partial charge >= 0.3 is 5.97 Å². The molecule has 150 valence electrons. The van der Waals surface area contributed by atoms with Crippen molar-refractivity contribution in [3.05, 3.63) is 63.6 Å². The van der Waals surface area contributed by atoms with Gasteiger partial charge in [-0.15, -0.1) is 0 Å². The van der Waals surface area contributed by atoms with Crippen LogP contribution in [0.25, 0.3) is 0 Å². The van der Waals surface area contributed by atoms with Crippen LogP contribution in [0.2, 0.25) is 0 Å². The maximum Gasteiger partial charge on any atom is 0.335 e. The molecule has 0 atom stereocenters. The third-order valence-corrected chi connectivity index (χ3v) is 4.23. The highest BCUT2D eigenvalue weighted by Gasteiger charge is 2.15. The van der Waals surface area contributed by atoms with Crippen LogP contribution in [0, 0.1) is 0 Å². The summed E-state index contributed by atoms with van der Waals surface area (Å²) in [5.41, 5.74) is 1.85. The van der Waals surface area contributed by atoms with E-state index in [0.717, 1.165) is 15.6 Å². The molecule has 0 heterocycles. The lowest BCUT2D eigenvalue weighted by atomic mass is 10.1. The van der Waals surface area contributed by atoms with E-state index >= 15 is 0 Å². The van der Waals surface area contributed by atoms with Gasteiger partial charge in [-0.25, -0.2) is 4.79 Å². The van der Waals surface area contributed by atoms with Gasteiger partial charge in [-0.2, -0.15) is 0 Å². The van der Waals surface area contributed by atoms with Gasteiger partial charge in [0.2, 0.25) is 0 Å². The fraction of sp³-hybridized carbons (Fsp3) is 0.333. The lowest BCUT2D eigenvalue weighted by Crippen LogP contribution is -2.43. The molecule has 0 spiro atoms. The third kappa shape index (κ3) is 7.32. The molecule has 2 aromatic rings. The molecule has 0 aliphatic rings. The largest absolute Gasteiger partial charge is 0.483 e. The van der Waals surface area contributed by atoms with E-state index in [1.54, 1.807) is 24.3 Å². The van der Waals surface area contributed by atoms with Gasteiger partial charge in [0.15, 0.2) is 6.61 Å². The minimum absolute atomic E-state index is 0.0530. The molecule has 0 unspecified atom stereocenters. The summed E-state index contributed by atoms with van der Waals surface area (Å²) in [5.74, 6) is -0.472. The van der Waals surface area contributed by atoms with E-state index in [2.05, 4.69) is 26.6 Å². The first kappa shape index (κ1) is 21.9. The predicted molar refractivity (Wildman–Crippen MR) is 111 cm³/mol. The van der Waals surface area contributed by atoms with Crippen LogP contribution in [0.1, 0.15) is 42.3 Å². The van der Waals surface area contributed by atoms with Crippen LogP contribution in [-0.2, 0) is 17.9 Å². The Morgan fingerprint density at radius 1 is 1.07 bits per heavy atom. The van der Waals surface area contributed by atoms with Gasteiger partial charge in [-0.1, -0.05) is 28.1 Å². The van der Waals surface area contributed by atoms with E-state index < -0.39 is 5.97 Å². The molecule has 28 heavy (non-hydrogen) atoms. The number of rotatable bonds is 8. The Bertz CT molecular complexity index is 829. The first-order valence-electron chi connectivity index (χ1n) is 8.89. The maximum absolute atomic E-state index is 12.0. The minimum atomic E-state index is -0.939. The van der Waals surface area contributed by atoms with Gasteiger partial charge in [0.25, 0.3) is 5.91 Å². The predicted octanol–water partition coefficient (Wildman–Crippen LogP) is 3.73. The molecule has 0 radical (unpaired) electrons. The van der Waals surface area contributed by atoms with Crippen molar-refractivity contribution in [2.24, 2.45) is 0 Å². The van der Waals surface area contributed by atoms with Gasteiger partial charge in [-0.3, -0.25) is 4.79 Å². The van der Waals surface area contributed by atoms with Crippen LogP contribution in [0.15, 0.2) is 46.9 Å². The van der Waals surface area contributed by atoms with E-state index in [-0.39, 0.29) is 23.6 Å². The first-order valence-corrected chi connectivity index (χ1v) is 9.68. The number of carboxylic acids is 1. The lowest BCUT2D eigenvalue weighted by molar-refractivity contribution is -0.124. The van der Waals surface area contributed by atoms with Gasteiger partial charge < -0.3 is 20.5 Å². The molecule has 0 saturated heterocycles. The number of benzene rings is 2. The quantitative estimate of drug-likeness (QED) is 0.572. The Morgan fingerprint density at radius 2 is 1.75 bits per heavy atom. The summed E-state index contributed by atoms with van der Waals surface area (Å²) in [4.78, 5) is 22.9. The Labute approximate surface area is 173 Å². The maximum atomic E-state index is 12.0. The zero-order valence-corrected chi connectivity index (χ0v) is 17.8. The number of carbonyl (C=O) groups is 2. The van der Waals surface area contributed by atoms with Crippen molar-refractivity contribution in [1.82, 2.24) is 10.6 Å². The number of hydrogen-bond acceptors (Lipinski definition) is 4. The summed E-state index contributed by atoms with van der Waals surface area (Å²) in [5, 5.41) is 15.1. The second-order valence-electron chi connectivity index (χ2n) is 7.44. The number of aromatic carboxylic acids is 1. The Balaban J connectivity index is 1.94. The molecule has 0 aliphatic carbocycles. The molecule has 6 nitrogen and oxygen atoms in total. The van der Waals surface area contributed by atoms with Crippen molar-refractivity contribution in [3.8, 4) is 5.75 Å². The van der Waals surface area contributed by atoms with Crippen LogP contribution in [0.3, 0.4) is 0 Å². The van der Waals surface area contributed by atoms with Gasteiger partial charge in [0, 0.05) is 28.7 Å².